The minimum atomic E-state index is -0.408. The summed E-state index contributed by atoms with van der Waals surface area (Å²) in [6, 6.07) is 6.56. The smallest absolute Gasteiger partial charge is 0.309 e. The van der Waals surface area contributed by atoms with Gasteiger partial charge in [0.2, 0.25) is 0 Å². The maximum atomic E-state index is 12.1. The number of carbonyl (C=O) groups is 2. The molecule has 0 atom stereocenters. The standard InChI is InChI=1S/C17H23N3O6/c1-25-11-8-18-16(21)12-26-17(22)13-6-9-19(10-7-13)14-4-2-3-5-15(14)20(23)24/h2-5,13H,6-12H2,1H3,(H,18,21). The Hall–Kier alpha value is -2.68. The number of hydrogen-bond acceptors (Lipinski definition) is 7. The molecule has 1 aromatic rings. The molecule has 0 saturated carbocycles. The molecule has 1 fully saturated rings. The van der Waals surface area contributed by atoms with Gasteiger partial charge in [0.05, 0.1) is 17.4 Å². The largest absolute Gasteiger partial charge is 0.455 e. The summed E-state index contributed by atoms with van der Waals surface area (Å²) < 4.78 is 9.87. The summed E-state index contributed by atoms with van der Waals surface area (Å²) in [4.78, 5) is 36.3. The molecule has 0 radical (unpaired) electrons. The summed E-state index contributed by atoms with van der Waals surface area (Å²) in [5, 5.41) is 13.7. The van der Waals surface area contributed by atoms with Crippen molar-refractivity contribution < 1.29 is 24.0 Å². The van der Waals surface area contributed by atoms with E-state index >= 15 is 0 Å². The third-order valence-electron chi connectivity index (χ3n) is 4.22. The van der Waals surface area contributed by atoms with Gasteiger partial charge in [0.15, 0.2) is 6.61 Å². The number of amides is 1. The Bertz CT molecular complexity index is 643. The van der Waals surface area contributed by atoms with E-state index in [0.717, 1.165) is 0 Å². The molecule has 0 aromatic heterocycles. The van der Waals surface area contributed by atoms with E-state index in [1.165, 1.54) is 13.2 Å². The van der Waals surface area contributed by atoms with Gasteiger partial charge in [-0.25, -0.2) is 0 Å². The van der Waals surface area contributed by atoms with Gasteiger partial charge in [-0.2, -0.15) is 0 Å². The normalized spacial score (nSPS) is 14.7. The van der Waals surface area contributed by atoms with Crippen molar-refractivity contribution in [1.82, 2.24) is 5.32 Å². The van der Waals surface area contributed by atoms with Crippen molar-refractivity contribution in [2.45, 2.75) is 12.8 Å². The Kier molecular flexibility index (Phi) is 7.34. The van der Waals surface area contributed by atoms with Crippen LogP contribution in [0, 0.1) is 16.0 Å². The Morgan fingerprint density at radius 2 is 2.00 bits per heavy atom. The van der Waals surface area contributed by atoms with Crippen LogP contribution in [0.15, 0.2) is 24.3 Å². The van der Waals surface area contributed by atoms with Crippen LogP contribution in [-0.4, -0.2) is 56.8 Å². The third kappa shape index (κ3) is 5.41. The number of ether oxygens (including phenoxy) is 2. The lowest BCUT2D eigenvalue weighted by atomic mass is 9.96. The first-order valence-corrected chi connectivity index (χ1v) is 8.43. The van der Waals surface area contributed by atoms with Gasteiger partial charge in [-0.15, -0.1) is 0 Å². The fourth-order valence-corrected chi connectivity index (χ4v) is 2.84. The van der Waals surface area contributed by atoms with Crippen molar-refractivity contribution in [3.05, 3.63) is 34.4 Å². The molecule has 9 heteroatoms. The second-order valence-corrected chi connectivity index (χ2v) is 5.96. The fourth-order valence-electron chi connectivity index (χ4n) is 2.84. The Morgan fingerprint density at radius 3 is 2.65 bits per heavy atom. The van der Waals surface area contributed by atoms with E-state index in [1.54, 1.807) is 18.2 Å². The zero-order valence-corrected chi connectivity index (χ0v) is 14.7. The summed E-state index contributed by atoms with van der Waals surface area (Å²) in [5.74, 6) is -1.08. The Balaban J connectivity index is 1.80. The van der Waals surface area contributed by atoms with Crippen LogP contribution >= 0.6 is 0 Å². The van der Waals surface area contributed by atoms with Gasteiger partial charge >= 0.3 is 5.97 Å². The molecule has 0 spiro atoms. The number of nitro groups is 1. The average molecular weight is 365 g/mol. The van der Waals surface area contributed by atoms with Crippen molar-refractivity contribution in [2.75, 3.05) is 44.9 Å². The second kappa shape index (κ2) is 9.71. The zero-order valence-electron chi connectivity index (χ0n) is 14.7. The number of rotatable bonds is 8. The van der Waals surface area contributed by atoms with E-state index in [-0.39, 0.29) is 24.1 Å². The number of para-hydroxylation sites is 2. The zero-order chi connectivity index (χ0) is 18.9. The number of esters is 1. The lowest BCUT2D eigenvalue weighted by Gasteiger charge is -2.32. The lowest BCUT2D eigenvalue weighted by Crippen LogP contribution is -2.38. The van der Waals surface area contributed by atoms with Crippen LogP contribution in [0.4, 0.5) is 11.4 Å². The van der Waals surface area contributed by atoms with Crippen LogP contribution in [0.2, 0.25) is 0 Å². The van der Waals surface area contributed by atoms with Crippen molar-refractivity contribution in [2.24, 2.45) is 5.92 Å². The maximum Gasteiger partial charge on any atom is 0.309 e. The Morgan fingerprint density at radius 1 is 1.31 bits per heavy atom. The molecular weight excluding hydrogens is 342 g/mol. The number of nitro benzene ring substituents is 1. The molecule has 1 aromatic carbocycles. The highest BCUT2D eigenvalue weighted by Gasteiger charge is 2.29. The molecule has 0 unspecified atom stereocenters. The highest BCUT2D eigenvalue weighted by molar-refractivity contribution is 5.81. The highest BCUT2D eigenvalue weighted by Crippen LogP contribution is 2.31. The van der Waals surface area contributed by atoms with E-state index in [2.05, 4.69) is 5.32 Å². The summed E-state index contributed by atoms with van der Waals surface area (Å²) in [5.41, 5.74) is 0.614. The first-order valence-electron chi connectivity index (χ1n) is 8.43. The van der Waals surface area contributed by atoms with Gasteiger partial charge in [-0.05, 0) is 18.9 Å². The first-order chi connectivity index (χ1) is 12.5. The van der Waals surface area contributed by atoms with Gasteiger partial charge in [0.1, 0.15) is 5.69 Å². The minimum Gasteiger partial charge on any atom is -0.455 e. The number of anilines is 1. The van der Waals surface area contributed by atoms with Crippen LogP contribution < -0.4 is 10.2 Å². The molecule has 1 heterocycles. The molecule has 1 aliphatic heterocycles. The fraction of sp³-hybridized carbons (Fsp3) is 0.529. The number of piperidine rings is 1. The minimum absolute atomic E-state index is 0.0567. The first kappa shape index (κ1) is 19.6. The summed E-state index contributed by atoms with van der Waals surface area (Å²) in [7, 11) is 1.53. The molecule has 1 amide bonds. The van der Waals surface area contributed by atoms with Gasteiger partial charge in [-0.3, -0.25) is 19.7 Å². The highest BCUT2D eigenvalue weighted by atomic mass is 16.6. The van der Waals surface area contributed by atoms with Crippen molar-refractivity contribution in [3.63, 3.8) is 0 Å². The van der Waals surface area contributed by atoms with Crippen LogP contribution in [0.3, 0.4) is 0 Å². The van der Waals surface area contributed by atoms with Gasteiger partial charge in [-0.1, -0.05) is 12.1 Å². The van der Waals surface area contributed by atoms with Gasteiger partial charge in [0, 0.05) is 32.8 Å². The topological polar surface area (TPSA) is 111 Å². The summed E-state index contributed by atoms with van der Waals surface area (Å²) in [6.45, 7) is 1.48. The average Bonchev–Trinajstić information content (AvgIpc) is 2.66. The molecule has 142 valence electrons. The SMILES string of the molecule is COCCNC(=O)COC(=O)C1CCN(c2ccccc2[N+](=O)[O-])CC1. The predicted molar refractivity (Wildman–Crippen MR) is 93.9 cm³/mol. The van der Waals surface area contributed by atoms with Gasteiger partial charge in [0.25, 0.3) is 11.6 Å². The van der Waals surface area contributed by atoms with E-state index < -0.39 is 10.9 Å². The second-order valence-electron chi connectivity index (χ2n) is 5.96. The Labute approximate surface area is 151 Å². The van der Waals surface area contributed by atoms with E-state index in [4.69, 9.17) is 9.47 Å². The monoisotopic (exact) mass is 365 g/mol. The molecular formula is C17H23N3O6. The predicted octanol–water partition coefficient (Wildman–Crippen LogP) is 1.12. The quantitative estimate of drug-likeness (QED) is 0.318. The summed E-state index contributed by atoms with van der Waals surface area (Å²) >= 11 is 0. The van der Waals surface area contributed by atoms with Crippen molar-refractivity contribution >= 4 is 23.3 Å². The van der Waals surface area contributed by atoms with Crippen LogP contribution in [-0.2, 0) is 19.1 Å². The molecule has 0 aliphatic carbocycles. The van der Waals surface area contributed by atoms with Crippen LogP contribution in [0.5, 0.6) is 0 Å². The van der Waals surface area contributed by atoms with Crippen molar-refractivity contribution in [1.29, 1.82) is 0 Å². The van der Waals surface area contributed by atoms with E-state index in [0.29, 0.717) is 44.8 Å². The number of nitrogens with zero attached hydrogens (tertiary/aromatic N) is 2. The number of nitrogens with one attached hydrogen (secondary N) is 1. The van der Waals surface area contributed by atoms with Crippen molar-refractivity contribution in [3.8, 4) is 0 Å². The lowest BCUT2D eigenvalue weighted by molar-refractivity contribution is -0.384. The number of methoxy groups -OCH3 is 1. The molecule has 26 heavy (non-hydrogen) atoms. The molecule has 1 saturated heterocycles. The maximum absolute atomic E-state index is 12.1. The van der Waals surface area contributed by atoms with Crippen LogP contribution in [0.25, 0.3) is 0 Å². The van der Waals surface area contributed by atoms with Crippen LogP contribution in [0.1, 0.15) is 12.8 Å². The van der Waals surface area contributed by atoms with E-state index in [1.807, 2.05) is 4.90 Å². The number of benzene rings is 1. The molecule has 2 rings (SSSR count). The third-order valence-corrected chi connectivity index (χ3v) is 4.22. The molecule has 0 bridgehead atoms. The number of hydrogen-bond donors (Lipinski definition) is 1. The molecule has 9 nitrogen and oxygen atoms in total. The molecule has 1 aliphatic rings. The molecule has 1 N–H and O–H groups in total. The van der Waals surface area contributed by atoms with Gasteiger partial charge < -0.3 is 19.7 Å². The summed E-state index contributed by atoms with van der Waals surface area (Å²) in [6.07, 6.45) is 1.05. The van der Waals surface area contributed by atoms with E-state index in [9.17, 15) is 19.7 Å². The number of carbonyl (C=O) groups excluding carboxylic acids is 2.